The second-order valence-electron chi connectivity index (χ2n) is 3.78. The lowest BCUT2D eigenvalue weighted by atomic mass is 10.3. The molecule has 0 bridgehead atoms. The van der Waals surface area contributed by atoms with Gasteiger partial charge in [0.25, 0.3) is 5.91 Å². The largest absolute Gasteiger partial charge is 0.480 e. The average Bonchev–Trinajstić information content (AvgIpc) is 2.96. The molecule has 1 saturated heterocycles. The molecule has 1 amide bonds. The number of amides is 1. The third kappa shape index (κ3) is 2.46. The van der Waals surface area contributed by atoms with E-state index in [0.717, 1.165) is 0 Å². The van der Waals surface area contributed by atoms with Crippen LogP contribution in [-0.2, 0) is 11.3 Å². The van der Waals surface area contributed by atoms with Gasteiger partial charge in [0.15, 0.2) is 5.69 Å². The van der Waals surface area contributed by atoms with Crippen molar-refractivity contribution >= 4 is 23.6 Å². The van der Waals surface area contributed by atoms with Gasteiger partial charge in [0, 0.05) is 12.3 Å². The maximum absolute atomic E-state index is 12.1. The molecule has 0 unspecified atom stereocenters. The number of carbonyl (C=O) groups is 2. The van der Waals surface area contributed by atoms with E-state index in [-0.39, 0.29) is 5.69 Å². The number of nitrogens with two attached hydrogens (primary N) is 1. The highest BCUT2D eigenvalue weighted by Gasteiger charge is 2.36. The molecule has 0 saturated carbocycles. The number of rotatable bonds is 4. The quantitative estimate of drug-likeness (QED) is 0.709. The van der Waals surface area contributed by atoms with E-state index in [1.165, 1.54) is 27.5 Å². The molecule has 1 aromatic rings. The van der Waals surface area contributed by atoms with Crippen LogP contribution in [0.1, 0.15) is 10.5 Å². The minimum atomic E-state index is -0.997. The van der Waals surface area contributed by atoms with Crippen molar-refractivity contribution in [2.45, 2.75) is 12.6 Å². The lowest BCUT2D eigenvalue weighted by molar-refractivity contribution is -0.140. The van der Waals surface area contributed by atoms with E-state index in [1.54, 1.807) is 0 Å². The first-order valence-electron chi connectivity index (χ1n) is 5.35. The summed E-state index contributed by atoms with van der Waals surface area (Å²) >= 11 is 1.41. The summed E-state index contributed by atoms with van der Waals surface area (Å²) in [5, 5.41) is 16.5. The van der Waals surface area contributed by atoms with Gasteiger partial charge in [-0.25, -0.2) is 4.79 Å². The van der Waals surface area contributed by atoms with Gasteiger partial charge in [0.1, 0.15) is 6.04 Å². The van der Waals surface area contributed by atoms with Crippen LogP contribution >= 0.6 is 11.8 Å². The highest BCUT2D eigenvalue weighted by atomic mass is 32.2. The van der Waals surface area contributed by atoms with Crippen LogP contribution in [0.4, 0.5) is 0 Å². The highest BCUT2D eigenvalue weighted by molar-refractivity contribution is 7.99. The van der Waals surface area contributed by atoms with Crippen molar-refractivity contribution in [1.29, 1.82) is 0 Å². The molecular formula is C9H13N5O3S. The Labute approximate surface area is 107 Å². The fourth-order valence-corrected chi connectivity index (χ4v) is 2.78. The number of hydrogen-bond acceptors (Lipinski definition) is 6. The van der Waals surface area contributed by atoms with Gasteiger partial charge in [-0.05, 0) is 0 Å². The van der Waals surface area contributed by atoms with Crippen LogP contribution < -0.4 is 5.73 Å². The van der Waals surface area contributed by atoms with Crippen LogP contribution in [0.3, 0.4) is 0 Å². The molecule has 0 spiro atoms. The van der Waals surface area contributed by atoms with E-state index < -0.39 is 17.9 Å². The normalized spacial score (nSPS) is 19.2. The van der Waals surface area contributed by atoms with Gasteiger partial charge in [0.2, 0.25) is 0 Å². The number of aromatic nitrogens is 3. The predicted octanol–water partition coefficient (Wildman–Crippen LogP) is -1.16. The van der Waals surface area contributed by atoms with E-state index in [0.29, 0.717) is 24.7 Å². The standard InChI is InChI=1S/C9H13N5O3S/c10-1-2-13-3-6(11-12-13)8(15)14-5-18-4-7(14)9(16)17/h3,7H,1-2,4-5,10H2,(H,16,17)/t7-/m0/s1. The fourth-order valence-electron chi connectivity index (χ4n) is 1.63. The van der Waals surface area contributed by atoms with Crippen LogP contribution in [0.2, 0.25) is 0 Å². The molecule has 0 radical (unpaired) electrons. The number of carboxylic acids is 1. The maximum atomic E-state index is 12.1. The Morgan fingerprint density at radius 2 is 2.39 bits per heavy atom. The van der Waals surface area contributed by atoms with Gasteiger partial charge in [0.05, 0.1) is 18.6 Å². The number of thioether (sulfide) groups is 1. The van der Waals surface area contributed by atoms with Crippen LogP contribution in [0.25, 0.3) is 0 Å². The summed E-state index contributed by atoms with van der Waals surface area (Å²) in [5.74, 6) is -0.643. The van der Waals surface area contributed by atoms with E-state index in [1.807, 2.05) is 0 Å². The summed E-state index contributed by atoms with van der Waals surface area (Å²) in [6.45, 7) is 0.867. The Morgan fingerprint density at radius 1 is 1.61 bits per heavy atom. The molecule has 1 aliphatic rings. The zero-order valence-corrected chi connectivity index (χ0v) is 10.3. The van der Waals surface area contributed by atoms with Gasteiger partial charge in [-0.1, -0.05) is 5.21 Å². The Balaban J connectivity index is 2.12. The molecule has 0 aromatic carbocycles. The molecule has 2 heterocycles. The van der Waals surface area contributed by atoms with Crippen molar-refractivity contribution in [1.82, 2.24) is 19.9 Å². The molecule has 18 heavy (non-hydrogen) atoms. The van der Waals surface area contributed by atoms with Gasteiger partial charge >= 0.3 is 5.97 Å². The van der Waals surface area contributed by atoms with Gasteiger partial charge in [-0.15, -0.1) is 16.9 Å². The SMILES string of the molecule is NCCn1cc(C(=O)N2CSC[C@H]2C(=O)O)nn1. The van der Waals surface area contributed by atoms with Crippen LogP contribution in [0.5, 0.6) is 0 Å². The fraction of sp³-hybridized carbons (Fsp3) is 0.556. The molecule has 1 atom stereocenters. The Bertz CT molecular complexity index is 463. The lowest BCUT2D eigenvalue weighted by Crippen LogP contribution is -2.41. The first kappa shape index (κ1) is 12.8. The molecule has 9 heteroatoms. The van der Waals surface area contributed by atoms with E-state index in [9.17, 15) is 9.59 Å². The van der Waals surface area contributed by atoms with Crippen molar-refractivity contribution < 1.29 is 14.7 Å². The predicted molar refractivity (Wildman–Crippen MR) is 64.0 cm³/mol. The number of hydrogen-bond donors (Lipinski definition) is 2. The van der Waals surface area contributed by atoms with Crippen LogP contribution in [0, 0.1) is 0 Å². The van der Waals surface area contributed by atoms with E-state index in [4.69, 9.17) is 10.8 Å². The van der Waals surface area contributed by atoms with Crippen molar-refractivity contribution in [3.05, 3.63) is 11.9 Å². The molecule has 2 rings (SSSR count). The van der Waals surface area contributed by atoms with Crippen molar-refractivity contribution in [2.75, 3.05) is 18.2 Å². The van der Waals surface area contributed by atoms with Gasteiger partial charge < -0.3 is 15.7 Å². The Kier molecular flexibility index (Phi) is 3.82. The third-order valence-electron chi connectivity index (χ3n) is 2.54. The highest BCUT2D eigenvalue weighted by Crippen LogP contribution is 2.22. The molecule has 1 aromatic heterocycles. The zero-order chi connectivity index (χ0) is 13.1. The van der Waals surface area contributed by atoms with Crippen LogP contribution in [0.15, 0.2) is 6.20 Å². The smallest absolute Gasteiger partial charge is 0.327 e. The van der Waals surface area contributed by atoms with Crippen molar-refractivity contribution in [3.8, 4) is 0 Å². The summed E-state index contributed by atoms with van der Waals surface area (Å²) in [6.07, 6.45) is 1.48. The Morgan fingerprint density at radius 3 is 3.06 bits per heavy atom. The van der Waals surface area contributed by atoms with Crippen molar-refractivity contribution in [3.63, 3.8) is 0 Å². The summed E-state index contributed by atoms with van der Waals surface area (Å²) < 4.78 is 1.46. The summed E-state index contributed by atoms with van der Waals surface area (Å²) in [6, 6.07) is -0.790. The molecular weight excluding hydrogens is 258 g/mol. The monoisotopic (exact) mass is 271 g/mol. The molecule has 0 aliphatic carbocycles. The molecule has 1 aliphatic heterocycles. The van der Waals surface area contributed by atoms with Gasteiger partial charge in [-0.3, -0.25) is 9.48 Å². The van der Waals surface area contributed by atoms with Gasteiger partial charge in [-0.2, -0.15) is 0 Å². The minimum absolute atomic E-state index is 0.150. The van der Waals surface area contributed by atoms with Crippen molar-refractivity contribution in [2.24, 2.45) is 5.73 Å². The number of carboxylic acid groups (broad SMARTS) is 1. The Hall–Kier alpha value is -1.61. The number of nitrogens with zero attached hydrogens (tertiary/aromatic N) is 4. The first-order chi connectivity index (χ1) is 8.63. The lowest BCUT2D eigenvalue weighted by Gasteiger charge is -2.18. The average molecular weight is 271 g/mol. The molecule has 1 fully saturated rings. The number of carbonyl (C=O) groups excluding carboxylic acids is 1. The van der Waals surface area contributed by atoms with E-state index >= 15 is 0 Å². The molecule has 98 valence electrons. The molecule has 8 nitrogen and oxygen atoms in total. The summed E-state index contributed by atoms with van der Waals surface area (Å²) in [5.41, 5.74) is 5.52. The first-order valence-corrected chi connectivity index (χ1v) is 6.50. The second-order valence-corrected chi connectivity index (χ2v) is 4.78. The second kappa shape index (κ2) is 5.36. The summed E-state index contributed by atoms with van der Waals surface area (Å²) in [4.78, 5) is 24.4. The van der Waals surface area contributed by atoms with E-state index in [2.05, 4.69) is 10.3 Å². The number of aliphatic carboxylic acids is 1. The third-order valence-corrected chi connectivity index (χ3v) is 3.56. The maximum Gasteiger partial charge on any atom is 0.327 e. The molecule has 3 N–H and O–H groups in total. The summed E-state index contributed by atoms with van der Waals surface area (Å²) in [7, 11) is 0. The topological polar surface area (TPSA) is 114 Å². The van der Waals surface area contributed by atoms with Crippen LogP contribution in [-0.4, -0.2) is 61.1 Å². The minimum Gasteiger partial charge on any atom is -0.480 e. The zero-order valence-electron chi connectivity index (χ0n) is 9.52.